The average molecular weight is 592 g/mol. The van der Waals surface area contributed by atoms with Crippen molar-refractivity contribution in [2.45, 2.75) is 66.2 Å². The molecule has 0 saturated carbocycles. The number of methoxy groups -OCH3 is 1. The number of pyridine rings is 1. The van der Waals surface area contributed by atoms with E-state index in [2.05, 4.69) is 83.4 Å². The third-order valence-corrected chi connectivity index (χ3v) is 9.34. The fourth-order valence-electron chi connectivity index (χ4n) is 6.77. The van der Waals surface area contributed by atoms with Crippen LogP contribution in [-0.2, 0) is 29.7 Å². The molecule has 0 fully saturated rings. The van der Waals surface area contributed by atoms with Crippen molar-refractivity contribution >= 4 is 27.9 Å². The molecule has 0 amide bonds. The fourth-order valence-corrected chi connectivity index (χ4v) is 6.77. The summed E-state index contributed by atoms with van der Waals surface area (Å²) in [5.74, 6) is 0.443. The summed E-state index contributed by atoms with van der Waals surface area (Å²) >= 11 is 0. The van der Waals surface area contributed by atoms with Crippen LogP contribution in [0, 0.1) is 19.3 Å². The molecule has 1 aliphatic heterocycles. The number of hydrogen-bond acceptors (Lipinski definition) is 7. The third-order valence-electron chi connectivity index (χ3n) is 9.34. The highest BCUT2D eigenvalue weighted by Gasteiger charge is 2.41. The predicted octanol–water partition coefficient (Wildman–Crippen LogP) is 6.64. The maximum Gasteiger partial charge on any atom is 0.312 e. The van der Waals surface area contributed by atoms with Gasteiger partial charge < -0.3 is 9.47 Å². The Bertz CT molecular complexity index is 1860. The molecule has 0 saturated heterocycles. The number of esters is 1. The van der Waals surface area contributed by atoms with Gasteiger partial charge in [0.05, 0.1) is 23.6 Å². The lowest BCUT2D eigenvalue weighted by atomic mass is 9.69. The maximum atomic E-state index is 13.3. The summed E-state index contributed by atoms with van der Waals surface area (Å²) in [5, 5.41) is 9.75. The Morgan fingerprint density at radius 3 is 2.73 bits per heavy atom. The normalized spacial score (nSPS) is 16.4. The molecular weight excluding hydrogens is 550 g/mol. The van der Waals surface area contributed by atoms with E-state index < -0.39 is 5.41 Å². The van der Waals surface area contributed by atoms with Crippen LogP contribution in [0.5, 0.6) is 5.75 Å². The minimum atomic E-state index is -0.834. The van der Waals surface area contributed by atoms with Crippen LogP contribution in [0.15, 0.2) is 60.8 Å². The minimum absolute atomic E-state index is 0.0675. The van der Waals surface area contributed by atoms with Crippen molar-refractivity contribution in [2.75, 3.05) is 13.7 Å². The van der Waals surface area contributed by atoms with Crippen LogP contribution in [0.3, 0.4) is 0 Å². The molecule has 3 heterocycles. The molecule has 1 aliphatic rings. The Hall–Kier alpha value is -4.30. The first-order valence-electron chi connectivity index (χ1n) is 15.3. The maximum absolute atomic E-state index is 13.3. The second-order valence-electron chi connectivity index (χ2n) is 12.6. The Morgan fingerprint density at radius 1 is 1.14 bits per heavy atom. The minimum Gasteiger partial charge on any atom is -0.488 e. The van der Waals surface area contributed by atoms with Crippen molar-refractivity contribution in [3.63, 3.8) is 0 Å². The smallest absolute Gasteiger partial charge is 0.312 e. The van der Waals surface area contributed by atoms with E-state index in [-0.39, 0.29) is 18.0 Å². The van der Waals surface area contributed by atoms with Gasteiger partial charge in [0, 0.05) is 49.7 Å². The van der Waals surface area contributed by atoms with Gasteiger partial charge in [-0.05, 0) is 86.2 Å². The highest BCUT2D eigenvalue weighted by molar-refractivity contribution is 5.86. The number of ether oxygens (including phenoxy) is 2. The quantitative estimate of drug-likeness (QED) is 0.196. The molecule has 228 valence electrons. The van der Waals surface area contributed by atoms with Gasteiger partial charge in [-0.25, -0.2) is 4.68 Å². The molecule has 0 spiro atoms. The van der Waals surface area contributed by atoms with Crippen LogP contribution < -0.4 is 4.74 Å². The first-order chi connectivity index (χ1) is 21.1. The van der Waals surface area contributed by atoms with Crippen molar-refractivity contribution < 1.29 is 14.3 Å². The Balaban J connectivity index is 1.41. The van der Waals surface area contributed by atoms with Gasteiger partial charge in [-0.3, -0.25) is 14.7 Å². The van der Waals surface area contributed by atoms with Crippen molar-refractivity contribution in [1.82, 2.24) is 24.9 Å². The van der Waals surface area contributed by atoms with Gasteiger partial charge in [-0.15, -0.1) is 5.10 Å². The van der Waals surface area contributed by atoms with Crippen LogP contribution >= 0.6 is 0 Å². The summed E-state index contributed by atoms with van der Waals surface area (Å²) in [6.45, 7) is 12.7. The molecule has 0 N–H and O–H groups in total. The van der Waals surface area contributed by atoms with E-state index in [1.807, 2.05) is 39.2 Å². The van der Waals surface area contributed by atoms with Crippen LogP contribution in [0.1, 0.15) is 66.5 Å². The topological polar surface area (TPSA) is 82.4 Å². The Morgan fingerprint density at radius 2 is 1.95 bits per heavy atom. The fraction of sp³-hybridized carbons (Fsp3) is 0.389. The number of fused-ring (bicyclic) bond motifs is 4. The summed E-state index contributed by atoms with van der Waals surface area (Å²) in [7, 11) is 3.36. The predicted molar refractivity (Wildman–Crippen MR) is 173 cm³/mol. The van der Waals surface area contributed by atoms with Gasteiger partial charge in [0.2, 0.25) is 0 Å². The van der Waals surface area contributed by atoms with E-state index >= 15 is 0 Å². The van der Waals surface area contributed by atoms with Gasteiger partial charge in [0.15, 0.2) is 0 Å². The lowest BCUT2D eigenvalue weighted by Crippen LogP contribution is -2.34. The second-order valence-corrected chi connectivity index (χ2v) is 12.6. The number of aryl methyl sites for hydroxylation is 3. The standard InChI is InChI=1S/C36H41N5O3/c1-8-27-21-41(19-25-13-15-30-29(34(25)44-27)10-9-17-37-30)20-26-18-24(12-11-22(26)2)32(36(4,5)35(42)43-7)28-14-16-31-33(23(28)3)38-39-40(31)6/h9-18,27,32H,8,19-21H2,1-7H3/t27-,32?/m1/s1. The summed E-state index contributed by atoms with van der Waals surface area (Å²) in [5.41, 5.74) is 8.68. The van der Waals surface area contributed by atoms with Crippen molar-refractivity contribution in [3.05, 3.63) is 94.2 Å². The molecular formula is C36H41N5O3. The average Bonchev–Trinajstić information content (AvgIpc) is 3.30. The number of nitrogens with zero attached hydrogens (tertiary/aromatic N) is 5. The van der Waals surface area contributed by atoms with Gasteiger partial charge in [-0.1, -0.05) is 42.5 Å². The molecule has 8 nitrogen and oxygen atoms in total. The van der Waals surface area contributed by atoms with E-state index in [9.17, 15) is 4.79 Å². The van der Waals surface area contributed by atoms with E-state index in [0.29, 0.717) is 0 Å². The van der Waals surface area contributed by atoms with E-state index in [0.717, 1.165) is 70.4 Å². The molecule has 0 radical (unpaired) electrons. The number of carbonyl (C=O) groups excluding carboxylic acids is 1. The van der Waals surface area contributed by atoms with Crippen molar-refractivity contribution in [1.29, 1.82) is 0 Å². The molecule has 1 unspecified atom stereocenters. The number of benzene rings is 3. The molecule has 2 atom stereocenters. The van der Waals surface area contributed by atoms with Gasteiger partial charge >= 0.3 is 5.97 Å². The molecule has 5 aromatic rings. The van der Waals surface area contributed by atoms with Crippen LogP contribution in [0.25, 0.3) is 21.9 Å². The summed E-state index contributed by atoms with van der Waals surface area (Å²) in [6.07, 6.45) is 2.80. The van der Waals surface area contributed by atoms with Crippen LogP contribution in [0.4, 0.5) is 0 Å². The molecule has 44 heavy (non-hydrogen) atoms. The summed E-state index contributed by atoms with van der Waals surface area (Å²) in [6, 6.07) is 19.1. The molecule has 0 aliphatic carbocycles. The van der Waals surface area contributed by atoms with Gasteiger partial charge in [0.25, 0.3) is 0 Å². The zero-order chi connectivity index (χ0) is 31.2. The van der Waals surface area contributed by atoms with Crippen LogP contribution in [-0.4, -0.2) is 50.6 Å². The number of rotatable bonds is 7. The first-order valence-corrected chi connectivity index (χ1v) is 15.3. The second kappa shape index (κ2) is 11.7. The zero-order valence-electron chi connectivity index (χ0n) is 26.7. The SMILES string of the molecule is CC[C@@H]1CN(Cc2cc(C(c3ccc4c(nnn4C)c3C)C(C)(C)C(=O)OC)ccc2C)Cc2ccc3ncccc3c2O1. The first kappa shape index (κ1) is 29.8. The summed E-state index contributed by atoms with van der Waals surface area (Å²) < 4.78 is 13.8. The number of hydrogen-bond donors (Lipinski definition) is 0. The zero-order valence-corrected chi connectivity index (χ0v) is 26.7. The molecule has 8 heteroatoms. The highest BCUT2D eigenvalue weighted by Crippen LogP contribution is 2.45. The van der Waals surface area contributed by atoms with E-state index in [1.54, 1.807) is 4.68 Å². The van der Waals surface area contributed by atoms with Crippen molar-refractivity contribution in [3.8, 4) is 5.75 Å². The Labute approximate surface area is 259 Å². The third kappa shape index (κ3) is 5.21. The summed E-state index contributed by atoms with van der Waals surface area (Å²) in [4.78, 5) is 20.3. The lowest BCUT2D eigenvalue weighted by molar-refractivity contribution is -0.151. The number of carbonyl (C=O) groups is 1. The highest BCUT2D eigenvalue weighted by atomic mass is 16.5. The van der Waals surface area contributed by atoms with E-state index in [1.165, 1.54) is 23.8 Å². The van der Waals surface area contributed by atoms with Gasteiger partial charge in [0.1, 0.15) is 17.4 Å². The largest absolute Gasteiger partial charge is 0.488 e. The Kier molecular flexibility index (Phi) is 7.88. The molecule has 3 aromatic carbocycles. The molecule has 2 aromatic heterocycles. The van der Waals surface area contributed by atoms with Crippen molar-refractivity contribution in [2.24, 2.45) is 12.5 Å². The lowest BCUT2D eigenvalue weighted by Gasteiger charge is -2.34. The number of aromatic nitrogens is 4. The van der Waals surface area contributed by atoms with Gasteiger partial charge in [-0.2, -0.15) is 0 Å². The monoisotopic (exact) mass is 591 g/mol. The molecule has 0 bridgehead atoms. The van der Waals surface area contributed by atoms with Crippen LogP contribution in [0.2, 0.25) is 0 Å². The molecule has 6 rings (SSSR count). The van der Waals surface area contributed by atoms with E-state index in [4.69, 9.17) is 9.47 Å².